The Kier molecular flexibility index (Phi) is 7.06. The number of amides is 1. The Morgan fingerprint density at radius 1 is 1.33 bits per heavy atom. The second-order valence-corrected chi connectivity index (χ2v) is 4.16. The molecule has 0 saturated heterocycles. The Bertz CT molecular complexity index is 367. The van der Waals surface area contributed by atoms with Crippen molar-refractivity contribution in [2.24, 2.45) is 5.73 Å². The third kappa shape index (κ3) is 5.29. The summed E-state index contributed by atoms with van der Waals surface area (Å²) < 4.78 is 5.38. The predicted octanol–water partition coefficient (Wildman–Crippen LogP) is 1.69. The molecule has 100 valence electrons. The fraction of sp³-hybridized carbons (Fsp3) is 0.500. The number of carbonyl (C=O) groups is 1. The Hall–Kier alpha value is -1.39. The summed E-state index contributed by atoms with van der Waals surface area (Å²) in [5.41, 5.74) is 6.85. The maximum atomic E-state index is 11.2. The third-order valence-electron chi connectivity index (χ3n) is 2.59. The van der Waals surface area contributed by atoms with Gasteiger partial charge < -0.3 is 15.8 Å². The zero-order valence-electron chi connectivity index (χ0n) is 10.9. The summed E-state index contributed by atoms with van der Waals surface area (Å²) in [4.78, 5) is 11.2. The number of nitrogens with one attached hydrogen (secondary N) is 1. The van der Waals surface area contributed by atoms with Crippen molar-refractivity contribution in [3.63, 3.8) is 0 Å². The quantitative estimate of drug-likeness (QED) is 0.656. The highest BCUT2D eigenvalue weighted by Gasteiger charge is 2.05. The van der Waals surface area contributed by atoms with E-state index in [1.807, 2.05) is 18.2 Å². The molecule has 0 radical (unpaired) electrons. The van der Waals surface area contributed by atoms with Crippen LogP contribution in [0.25, 0.3) is 0 Å². The molecule has 0 heterocycles. The van der Waals surface area contributed by atoms with Gasteiger partial charge in [0.25, 0.3) is 0 Å². The van der Waals surface area contributed by atoms with Crippen molar-refractivity contribution in [2.75, 3.05) is 19.8 Å². The standard InChI is InChI=1S/C14H22N2O2/c1-2-9-18-10-5-8-16-11-12-6-3-4-7-13(12)14(15)17/h3-4,6-7,16H,2,5,8-11H2,1H3,(H2,15,17). The first-order valence-electron chi connectivity index (χ1n) is 6.42. The topological polar surface area (TPSA) is 64.3 Å². The van der Waals surface area contributed by atoms with Gasteiger partial charge in [0.1, 0.15) is 0 Å². The van der Waals surface area contributed by atoms with E-state index in [0.29, 0.717) is 12.1 Å². The van der Waals surface area contributed by atoms with Gasteiger partial charge in [-0.25, -0.2) is 0 Å². The number of rotatable bonds is 9. The molecule has 1 amide bonds. The van der Waals surface area contributed by atoms with E-state index >= 15 is 0 Å². The van der Waals surface area contributed by atoms with Gasteiger partial charge in [0.15, 0.2) is 0 Å². The minimum atomic E-state index is -0.376. The van der Waals surface area contributed by atoms with Gasteiger partial charge in [-0.2, -0.15) is 0 Å². The minimum absolute atomic E-state index is 0.376. The van der Waals surface area contributed by atoms with Crippen LogP contribution >= 0.6 is 0 Å². The molecule has 0 unspecified atom stereocenters. The highest BCUT2D eigenvalue weighted by Crippen LogP contribution is 2.07. The molecule has 0 spiro atoms. The summed E-state index contributed by atoms with van der Waals surface area (Å²) in [6, 6.07) is 7.40. The molecule has 3 N–H and O–H groups in total. The Labute approximate surface area is 109 Å². The lowest BCUT2D eigenvalue weighted by molar-refractivity contribution is 0.0999. The smallest absolute Gasteiger partial charge is 0.249 e. The van der Waals surface area contributed by atoms with Crippen molar-refractivity contribution < 1.29 is 9.53 Å². The lowest BCUT2D eigenvalue weighted by Crippen LogP contribution is -2.20. The van der Waals surface area contributed by atoms with Crippen molar-refractivity contribution in [1.82, 2.24) is 5.32 Å². The van der Waals surface area contributed by atoms with Crippen LogP contribution in [0, 0.1) is 0 Å². The van der Waals surface area contributed by atoms with Crippen LogP contribution < -0.4 is 11.1 Å². The van der Waals surface area contributed by atoms with Crippen LogP contribution in [0.2, 0.25) is 0 Å². The molecular weight excluding hydrogens is 228 g/mol. The zero-order valence-corrected chi connectivity index (χ0v) is 10.9. The van der Waals surface area contributed by atoms with Gasteiger partial charge in [-0.05, 0) is 31.0 Å². The lowest BCUT2D eigenvalue weighted by Gasteiger charge is -2.08. The molecule has 0 aliphatic heterocycles. The number of ether oxygens (including phenoxy) is 1. The monoisotopic (exact) mass is 250 g/mol. The zero-order chi connectivity index (χ0) is 13.2. The summed E-state index contributed by atoms with van der Waals surface area (Å²) in [6.07, 6.45) is 2.03. The first-order valence-corrected chi connectivity index (χ1v) is 6.42. The van der Waals surface area contributed by atoms with E-state index in [1.165, 1.54) is 0 Å². The van der Waals surface area contributed by atoms with E-state index < -0.39 is 0 Å². The summed E-state index contributed by atoms with van der Waals surface area (Å²) in [5.74, 6) is -0.376. The summed E-state index contributed by atoms with van der Waals surface area (Å²) in [6.45, 7) is 5.23. The number of nitrogens with two attached hydrogens (primary N) is 1. The maximum Gasteiger partial charge on any atom is 0.249 e. The highest BCUT2D eigenvalue weighted by molar-refractivity contribution is 5.94. The highest BCUT2D eigenvalue weighted by atomic mass is 16.5. The van der Waals surface area contributed by atoms with Gasteiger partial charge in [0.05, 0.1) is 0 Å². The van der Waals surface area contributed by atoms with E-state index in [4.69, 9.17) is 10.5 Å². The van der Waals surface area contributed by atoms with Gasteiger partial charge in [-0.1, -0.05) is 25.1 Å². The Morgan fingerprint density at radius 2 is 2.11 bits per heavy atom. The van der Waals surface area contributed by atoms with E-state index in [2.05, 4.69) is 12.2 Å². The van der Waals surface area contributed by atoms with Crippen molar-refractivity contribution in [3.05, 3.63) is 35.4 Å². The molecule has 0 atom stereocenters. The third-order valence-corrected chi connectivity index (χ3v) is 2.59. The van der Waals surface area contributed by atoms with Gasteiger partial charge >= 0.3 is 0 Å². The van der Waals surface area contributed by atoms with Crippen molar-refractivity contribution in [2.45, 2.75) is 26.3 Å². The second kappa shape index (κ2) is 8.66. The van der Waals surface area contributed by atoms with E-state index in [9.17, 15) is 4.79 Å². The number of hydrogen-bond acceptors (Lipinski definition) is 3. The molecule has 0 bridgehead atoms. The molecule has 0 fully saturated rings. The number of carbonyl (C=O) groups excluding carboxylic acids is 1. The minimum Gasteiger partial charge on any atom is -0.381 e. The molecule has 0 saturated carbocycles. The summed E-state index contributed by atoms with van der Waals surface area (Å²) in [5, 5.41) is 3.29. The van der Waals surface area contributed by atoms with Crippen LogP contribution in [0.1, 0.15) is 35.7 Å². The summed E-state index contributed by atoms with van der Waals surface area (Å²) >= 11 is 0. The Balaban J connectivity index is 2.25. The molecule has 0 aliphatic carbocycles. The van der Waals surface area contributed by atoms with Crippen LogP contribution in [0.15, 0.2) is 24.3 Å². The molecule has 0 aliphatic rings. The number of hydrogen-bond donors (Lipinski definition) is 2. The predicted molar refractivity (Wildman–Crippen MR) is 72.4 cm³/mol. The Morgan fingerprint density at radius 3 is 2.83 bits per heavy atom. The second-order valence-electron chi connectivity index (χ2n) is 4.16. The number of primary amides is 1. The van der Waals surface area contributed by atoms with Crippen LogP contribution in [0.4, 0.5) is 0 Å². The largest absolute Gasteiger partial charge is 0.381 e. The average molecular weight is 250 g/mol. The molecule has 18 heavy (non-hydrogen) atoms. The fourth-order valence-corrected chi connectivity index (χ4v) is 1.68. The van der Waals surface area contributed by atoms with Gasteiger partial charge in [-0.15, -0.1) is 0 Å². The molecule has 0 aromatic heterocycles. The number of benzene rings is 1. The van der Waals surface area contributed by atoms with Crippen LogP contribution in [0.3, 0.4) is 0 Å². The van der Waals surface area contributed by atoms with E-state index in [0.717, 1.165) is 38.2 Å². The average Bonchev–Trinajstić information content (AvgIpc) is 2.38. The van der Waals surface area contributed by atoms with Crippen molar-refractivity contribution in [1.29, 1.82) is 0 Å². The SMILES string of the molecule is CCCOCCCNCc1ccccc1C(N)=O. The lowest BCUT2D eigenvalue weighted by atomic mass is 10.1. The molecular formula is C14H22N2O2. The van der Waals surface area contributed by atoms with Crippen LogP contribution in [-0.4, -0.2) is 25.7 Å². The van der Waals surface area contributed by atoms with Crippen LogP contribution in [-0.2, 0) is 11.3 Å². The van der Waals surface area contributed by atoms with Gasteiger partial charge in [0, 0.05) is 25.3 Å². The molecule has 1 aromatic rings. The van der Waals surface area contributed by atoms with Crippen molar-refractivity contribution in [3.8, 4) is 0 Å². The van der Waals surface area contributed by atoms with Crippen LogP contribution in [0.5, 0.6) is 0 Å². The van der Waals surface area contributed by atoms with Gasteiger partial charge in [0.2, 0.25) is 5.91 Å². The first kappa shape index (κ1) is 14.7. The maximum absolute atomic E-state index is 11.2. The fourth-order valence-electron chi connectivity index (χ4n) is 1.68. The van der Waals surface area contributed by atoms with E-state index in [1.54, 1.807) is 6.07 Å². The summed E-state index contributed by atoms with van der Waals surface area (Å²) in [7, 11) is 0. The molecule has 1 rings (SSSR count). The first-order chi connectivity index (χ1) is 8.75. The van der Waals surface area contributed by atoms with E-state index in [-0.39, 0.29) is 5.91 Å². The van der Waals surface area contributed by atoms with Gasteiger partial charge in [-0.3, -0.25) is 4.79 Å². The van der Waals surface area contributed by atoms with Crippen molar-refractivity contribution >= 4 is 5.91 Å². The normalized spacial score (nSPS) is 10.5. The molecule has 1 aromatic carbocycles. The molecule has 4 heteroatoms. The molecule has 4 nitrogen and oxygen atoms in total.